The number of nitrogens with one attached hydrogen (secondary N) is 2. The van der Waals surface area contributed by atoms with E-state index in [2.05, 4.69) is 10.6 Å². The van der Waals surface area contributed by atoms with Crippen molar-refractivity contribution in [3.05, 3.63) is 12.2 Å². The van der Waals surface area contributed by atoms with Crippen LogP contribution in [0.15, 0.2) is 12.2 Å². The van der Waals surface area contributed by atoms with Crippen molar-refractivity contribution in [2.45, 2.75) is 38.8 Å². The summed E-state index contributed by atoms with van der Waals surface area (Å²) < 4.78 is 5.38. The van der Waals surface area contributed by atoms with Crippen molar-refractivity contribution >= 4 is 6.03 Å². The minimum Gasteiger partial charge on any atom is -0.396 e. The number of ether oxygens (including phenoxy) is 1. The first-order chi connectivity index (χ1) is 8.61. The Morgan fingerprint density at radius 3 is 2.89 bits per heavy atom. The molecule has 18 heavy (non-hydrogen) atoms. The molecule has 0 saturated heterocycles. The molecule has 0 unspecified atom stereocenters. The molecule has 5 nitrogen and oxygen atoms in total. The first-order valence-corrected chi connectivity index (χ1v) is 6.57. The highest BCUT2D eigenvalue weighted by atomic mass is 16.5. The second kappa shape index (κ2) is 8.11. The van der Waals surface area contributed by atoms with Gasteiger partial charge < -0.3 is 20.5 Å². The normalized spacial score (nSPS) is 22.4. The molecule has 0 saturated carbocycles. The predicted molar refractivity (Wildman–Crippen MR) is 70.4 cm³/mol. The number of carbonyl (C=O) groups is 1. The average molecular weight is 256 g/mol. The summed E-state index contributed by atoms with van der Waals surface area (Å²) >= 11 is 0. The summed E-state index contributed by atoms with van der Waals surface area (Å²) in [7, 11) is 0. The van der Waals surface area contributed by atoms with E-state index in [0.29, 0.717) is 13.2 Å². The van der Waals surface area contributed by atoms with Crippen LogP contribution in [0.25, 0.3) is 0 Å². The predicted octanol–water partition coefficient (Wildman–Crippen LogP) is 1.04. The lowest BCUT2D eigenvalue weighted by Crippen LogP contribution is -2.41. The number of aliphatic hydroxyl groups is 1. The molecular formula is C13H24N2O3. The minimum absolute atomic E-state index is 0.0362. The summed E-state index contributed by atoms with van der Waals surface area (Å²) in [6, 6.07) is -0.123. The Bertz CT molecular complexity index is 279. The van der Waals surface area contributed by atoms with Crippen molar-refractivity contribution in [2.24, 2.45) is 5.92 Å². The van der Waals surface area contributed by atoms with E-state index in [9.17, 15) is 4.79 Å². The van der Waals surface area contributed by atoms with Crippen LogP contribution < -0.4 is 10.6 Å². The smallest absolute Gasteiger partial charge is 0.315 e. The van der Waals surface area contributed by atoms with Crippen molar-refractivity contribution in [3.8, 4) is 0 Å². The Morgan fingerprint density at radius 1 is 1.50 bits per heavy atom. The van der Waals surface area contributed by atoms with Gasteiger partial charge >= 0.3 is 6.03 Å². The van der Waals surface area contributed by atoms with Crippen molar-refractivity contribution in [1.29, 1.82) is 0 Å². The van der Waals surface area contributed by atoms with Gasteiger partial charge in [0.15, 0.2) is 0 Å². The number of hydrogen-bond acceptors (Lipinski definition) is 3. The van der Waals surface area contributed by atoms with Gasteiger partial charge in [0.2, 0.25) is 0 Å². The summed E-state index contributed by atoms with van der Waals surface area (Å²) in [6.07, 6.45) is 5.70. The molecule has 0 aromatic rings. The summed E-state index contributed by atoms with van der Waals surface area (Å²) in [5.41, 5.74) is 0. The molecule has 3 N–H and O–H groups in total. The zero-order valence-electron chi connectivity index (χ0n) is 11.2. The van der Waals surface area contributed by atoms with Crippen LogP contribution in [0.1, 0.15) is 26.7 Å². The monoisotopic (exact) mass is 256 g/mol. The van der Waals surface area contributed by atoms with E-state index in [0.717, 1.165) is 12.8 Å². The van der Waals surface area contributed by atoms with Crippen LogP contribution in [0.3, 0.4) is 0 Å². The standard InChI is InChI=1S/C13H24N2O3/c1-10(2)18-7-3-6-14-13(17)15-12-5-4-11(8-12)9-16/h4-5,10-12,16H,3,6-9H2,1-2H3,(H2,14,15,17)/t11-,12+/m0/s1. The first kappa shape index (κ1) is 15.0. The number of hydrogen-bond donors (Lipinski definition) is 3. The third-order valence-electron chi connectivity index (χ3n) is 2.78. The molecule has 5 heteroatoms. The summed E-state index contributed by atoms with van der Waals surface area (Å²) in [6.45, 7) is 5.39. The van der Waals surface area contributed by atoms with E-state index < -0.39 is 0 Å². The fourth-order valence-corrected chi connectivity index (χ4v) is 1.83. The van der Waals surface area contributed by atoms with Crippen LogP contribution in [0.2, 0.25) is 0 Å². The van der Waals surface area contributed by atoms with Crippen molar-refractivity contribution in [2.75, 3.05) is 19.8 Å². The highest BCUT2D eigenvalue weighted by Gasteiger charge is 2.19. The summed E-state index contributed by atoms with van der Waals surface area (Å²) in [5, 5.41) is 14.6. The first-order valence-electron chi connectivity index (χ1n) is 6.57. The maximum Gasteiger partial charge on any atom is 0.315 e. The quantitative estimate of drug-likeness (QED) is 0.471. The van der Waals surface area contributed by atoms with Crippen LogP contribution in [0.4, 0.5) is 4.79 Å². The molecular weight excluding hydrogens is 232 g/mol. The van der Waals surface area contributed by atoms with Gasteiger partial charge in [0.1, 0.15) is 0 Å². The van der Waals surface area contributed by atoms with E-state index in [4.69, 9.17) is 9.84 Å². The number of rotatable bonds is 7. The van der Waals surface area contributed by atoms with Crippen LogP contribution in [0, 0.1) is 5.92 Å². The number of aliphatic hydroxyl groups excluding tert-OH is 1. The second-order valence-electron chi connectivity index (χ2n) is 4.84. The Morgan fingerprint density at radius 2 is 2.28 bits per heavy atom. The molecule has 0 bridgehead atoms. The molecule has 0 heterocycles. The summed E-state index contributed by atoms with van der Waals surface area (Å²) in [4.78, 5) is 11.5. The lowest BCUT2D eigenvalue weighted by molar-refractivity contribution is 0.0774. The van der Waals surface area contributed by atoms with Crippen molar-refractivity contribution in [1.82, 2.24) is 10.6 Å². The Balaban J connectivity index is 2.03. The molecule has 0 fully saturated rings. The second-order valence-corrected chi connectivity index (χ2v) is 4.84. The number of carbonyl (C=O) groups excluding carboxylic acids is 1. The zero-order valence-corrected chi connectivity index (χ0v) is 11.2. The molecule has 2 atom stereocenters. The Labute approximate surface area is 109 Å². The fraction of sp³-hybridized carbons (Fsp3) is 0.769. The molecule has 0 aliphatic heterocycles. The fourth-order valence-electron chi connectivity index (χ4n) is 1.83. The van der Waals surface area contributed by atoms with Gasteiger partial charge in [0.25, 0.3) is 0 Å². The maximum atomic E-state index is 11.5. The molecule has 0 spiro atoms. The highest BCUT2D eigenvalue weighted by Crippen LogP contribution is 2.16. The number of urea groups is 1. The van der Waals surface area contributed by atoms with Crippen LogP contribution in [-0.2, 0) is 4.74 Å². The largest absolute Gasteiger partial charge is 0.396 e. The van der Waals surface area contributed by atoms with E-state index >= 15 is 0 Å². The van der Waals surface area contributed by atoms with E-state index in [1.165, 1.54) is 0 Å². The van der Waals surface area contributed by atoms with Gasteiger partial charge in [-0.2, -0.15) is 0 Å². The third kappa shape index (κ3) is 6.02. The minimum atomic E-state index is -0.159. The van der Waals surface area contributed by atoms with Gasteiger partial charge in [-0.05, 0) is 26.7 Å². The lowest BCUT2D eigenvalue weighted by Gasteiger charge is -2.13. The zero-order chi connectivity index (χ0) is 13.4. The topological polar surface area (TPSA) is 70.6 Å². The van der Waals surface area contributed by atoms with Gasteiger partial charge in [-0.1, -0.05) is 12.2 Å². The van der Waals surface area contributed by atoms with E-state index in [-0.39, 0.29) is 30.7 Å². The van der Waals surface area contributed by atoms with Gasteiger partial charge in [0.05, 0.1) is 6.10 Å². The molecule has 1 aliphatic carbocycles. The van der Waals surface area contributed by atoms with Crippen LogP contribution >= 0.6 is 0 Å². The SMILES string of the molecule is CC(C)OCCCNC(=O)N[C@@H]1C=C[C@H](CO)C1. The molecule has 1 rings (SSSR count). The van der Waals surface area contributed by atoms with E-state index in [1.54, 1.807) is 0 Å². The Kier molecular flexibility index (Phi) is 6.75. The maximum absolute atomic E-state index is 11.5. The summed E-state index contributed by atoms with van der Waals surface area (Å²) in [5.74, 6) is 0.176. The van der Waals surface area contributed by atoms with Crippen molar-refractivity contribution < 1.29 is 14.6 Å². The van der Waals surface area contributed by atoms with Gasteiger partial charge in [-0.15, -0.1) is 0 Å². The lowest BCUT2D eigenvalue weighted by atomic mass is 10.1. The molecule has 0 radical (unpaired) electrons. The number of amides is 2. The third-order valence-corrected chi connectivity index (χ3v) is 2.78. The molecule has 1 aliphatic rings. The van der Waals surface area contributed by atoms with E-state index in [1.807, 2.05) is 26.0 Å². The Hall–Kier alpha value is -1.07. The van der Waals surface area contributed by atoms with Crippen molar-refractivity contribution in [3.63, 3.8) is 0 Å². The van der Waals surface area contributed by atoms with Gasteiger partial charge in [-0.25, -0.2) is 4.79 Å². The van der Waals surface area contributed by atoms with Crippen LogP contribution in [-0.4, -0.2) is 43.0 Å². The van der Waals surface area contributed by atoms with Crippen LogP contribution in [0.5, 0.6) is 0 Å². The molecule has 104 valence electrons. The molecule has 0 aromatic heterocycles. The highest BCUT2D eigenvalue weighted by molar-refractivity contribution is 5.74. The molecule has 0 aromatic carbocycles. The van der Waals surface area contributed by atoms with Gasteiger partial charge in [-0.3, -0.25) is 0 Å². The average Bonchev–Trinajstić information content (AvgIpc) is 2.76. The van der Waals surface area contributed by atoms with Gasteiger partial charge in [0, 0.05) is 31.7 Å². The molecule has 2 amide bonds.